The number of anilines is 2. The maximum absolute atomic E-state index is 14.0. The number of carbonyl (C=O) groups excluding carboxylic acids is 1. The van der Waals surface area contributed by atoms with Crippen LogP contribution in [0.3, 0.4) is 0 Å². The number of carbonyl (C=O) groups is 1. The minimum absolute atomic E-state index is 0.0246. The molecule has 1 amide bonds. The predicted molar refractivity (Wildman–Crippen MR) is 99.9 cm³/mol. The van der Waals surface area contributed by atoms with Gasteiger partial charge in [0.15, 0.2) is 0 Å². The summed E-state index contributed by atoms with van der Waals surface area (Å²) >= 11 is 1.96. The number of rotatable bonds is 8. The molecule has 0 saturated heterocycles. The fourth-order valence-electron chi connectivity index (χ4n) is 2.01. The minimum atomic E-state index is -0.946. The molecular weight excluding hydrogens is 461 g/mol. The summed E-state index contributed by atoms with van der Waals surface area (Å²) in [7, 11) is 0. The van der Waals surface area contributed by atoms with Gasteiger partial charge in [-0.3, -0.25) is 9.63 Å². The topological polar surface area (TPSA) is 90.8 Å². The Morgan fingerprint density at radius 2 is 1.96 bits per heavy atom. The van der Waals surface area contributed by atoms with Gasteiger partial charge in [-0.25, -0.2) is 14.3 Å². The van der Waals surface area contributed by atoms with Gasteiger partial charge in [0, 0.05) is 9.99 Å². The lowest BCUT2D eigenvalue weighted by Gasteiger charge is -2.14. The fraction of sp³-hybridized carbons (Fsp3) is 0.235. The highest BCUT2D eigenvalue weighted by atomic mass is 127. The van der Waals surface area contributed by atoms with Crippen LogP contribution in [-0.2, 0) is 4.84 Å². The van der Waals surface area contributed by atoms with Gasteiger partial charge in [-0.1, -0.05) is 0 Å². The molecule has 0 heterocycles. The van der Waals surface area contributed by atoms with Crippen molar-refractivity contribution in [1.82, 2.24) is 5.48 Å². The lowest BCUT2D eigenvalue weighted by molar-refractivity contribution is 0.00706. The smallest absolute Gasteiger partial charge is 0.276 e. The van der Waals surface area contributed by atoms with Gasteiger partial charge >= 0.3 is 0 Å². The molecule has 9 heteroatoms. The van der Waals surface area contributed by atoms with E-state index in [1.165, 1.54) is 18.2 Å². The van der Waals surface area contributed by atoms with E-state index in [1.54, 1.807) is 6.07 Å². The standard InChI is InChI=1S/C17H17F2IN2O4/c18-10-1-3-13(17(25)22-26-6-5-12(24)9-23)16(7-10)21-15-4-2-11(20)8-14(15)19/h1-4,7-8,12,21,23-24H,5-6,9H2,(H,22,25). The molecule has 0 aliphatic rings. The van der Waals surface area contributed by atoms with Gasteiger partial charge in [0.1, 0.15) is 11.6 Å². The monoisotopic (exact) mass is 478 g/mol. The van der Waals surface area contributed by atoms with Crippen molar-refractivity contribution in [2.24, 2.45) is 0 Å². The zero-order valence-electron chi connectivity index (χ0n) is 13.5. The van der Waals surface area contributed by atoms with E-state index in [-0.39, 0.29) is 30.0 Å². The van der Waals surface area contributed by atoms with E-state index >= 15 is 0 Å². The highest BCUT2D eigenvalue weighted by Gasteiger charge is 2.15. The number of amides is 1. The number of aliphatic hydroxyl groups excluding tert-OH is 2. The van der Waals surface area contributed by atoms with Crippen molar-refractivity contribution in [3.63, 3.8) is 0 Å². The van der Waals surface area contributed by atoms with Gasteiger partial charge in [-0.15, -0.1) is 0 Å². The van der Waals surface area contributed by atoms with E-state index in [2.05, 4.69) is 10.8 Å². The first kappa shape index (κ1) is 20.5. The first-order valence-electron chi connectivity index (χ1n) is 7.63. The van der Waals surface area contributed by atoms with Crippen LogP contribution in [0.4, 0.5) is 20.2 Å². The van der Waals surface area contributed by atoms with Crippen molar-refractivity contribution in [2.75, 3.05) is 18.5 Å². The zero-order valence-corrected chi connectivity index (χ0v) is 15.7. The summed E-state index contributed by atoms with van der Waals surface area (Å²) in [6.07, 6.45) is -0.821. The van der Waals surface area contributed by atoms with Crippen LogP contribution < -0.4 is 10.8 Å². The molecule has 26 heavy (non-hydrogen) atoms. The molecule has 0 spiro atoms. The molecule has 0 aromatic heterocycles. The molecule has 0 saturated carbocycles. The Morgan fingerprint density at radius 1 is 1.19 bits per heavy atom. The Balaban J connectivity index is 2.10. The summed E-state index contributed by atoms with van der Waals surface area (Å²) < 4.78 is 28.3. The summed E-state index contributed by atoms with van der Waals surface area (Å²) in [4.78, 5) is 17.1. The van der Waals surface area contributed by atoms with Crippen LogP contribution in [0.25, 0.3) is 0 Å². The highest BCUT2D eigenvalue weighted by Crippen LogP contribution is 2.25. The molecule has 0 aliphatic heterocycles. The molecule has 2 aromatic carbocycles. The van der Waals surface area contributed by atoms with Gasteiger partial charge in [-0.2, -0.15) is 0 Å². The van der Waals surface area contributed by atoms with Gasteiger partial charge < -0.3 is 15.5 Å². The first-order chi connectivity index (χ1) is 12.4. The third kappa shape index (κ3) is 5.87. The van der Waals surface area contributed by atoms with E-state index in [1.807, 2.05) is 22.6 Å². The largest absolute Gasteiger partial charge is 0.394 e. The molecule has 6 nitrogen and oxygen atoms in total. The lowest BCUT2D eigenvalue weighted by atomic mass is 10.1. The number of hydrogen-bond acceptors (Lipinski definition) is 5. The molecule has 2 aromatic rings. The van der Waals surface area contributed by atoms with Crippen LogP contribution in [0.15, 0.2) is 36.4 Å². The Labute approximate surface area is 162 Å². The van der Waals surface area contributed by atoms with Crippen molar-refractivity contribution in [3.8, 4) is 0 Å². The normalized spacial score (nSPS) is 11.9. The minimum Gasteiger partial charge on any atom is -0.394 e. The number of halogens is 3. The van der Waals surface area contributed by atoms with Crippen molar-refractivity contribution in [2.45, 2.75) is 12.5 Å². The van der Waals surface area contributed by atoms with Crippen molar-refractivity contribution in [1.29, 1.82) is 0 Å². The van der Waals surface area contributed by atoms with Gasteiger partial charge in [0.05, 0.1) is 36.3 Å². The molecule has 0 radical (unpaired) electrons. The first-order valence-corrected chi connectivity index (χ1v) is 8.71. The van der Waals surface area contributed by atoms with E-state index in [0.29, 0.717) is 3.57 Å². The second-order valence-electron chi connectivity index (χ2n) is 5.34. The van der Waals surface area contributed by atoms with Crippen LogP contribution in [-0.4, -0.2) is 35.4 Å². The molecule has 2 rings (SSSR count). The zero-order chi connectivity index (χ0) is 19.1. The van der Waals surface area contributed by atoms with Gasteiger partial charge in [-0.05, 0) is 59.0 Å². The molecule has 0 bridgehead atoms. The van der Waals surface area contributed by atoms with Crippen molar-refractivity contribution < 1.29 is 28.6 Å². The Hall–Kier alpha value is -1.82. The predicted octanol–water partition coefficient (Wildman–Crippen LogP) is 2.72. The van der Waals surface area contributed by atoms with Crippen LogP contribution in [0.2, 0.25) is 0 Å². The average Bonchev–Trinajstić information content (AvgIpc) is 2.60. The van der Waals surface area contributed by atoms with Crippen LogP contribution >= 0.6 is 22.6 Å². The Kier molecular flexibility index (Phi) is 7.69. The van der Waals surface area contributed by atoms with Crippen LogP contribution in [0, 0.1) is 15.2 Å². The summed E-state index contributed by atoms with van der Waals surface area (Å²) in [5, 5.41) is 20.6. The number of aliphatic hydroxyl groups is 2. The summed E-state index contributed by atoms with van der Waals surface area (Å²) in [5.41, 5.74) is 2.37. The molecule has 1 unspecified atom stereocenters. The maximum Gasteiger partial charge on any atom is 0.276 e. The lowest BCUT2D eigenvalue weighted by Crippen LogP contribution is -2.26. The van der Waals surface area contributed by atoms with Crippen molar-refractivity contribution >= 4 is 39.9 Å². The van der Waals surface area contributed by atoms with Gasteiger partial charge in [0.2, 0.25) is 0 Å². The molecule has 1 atom stereocenters. The fourth-order valence-corrected chi connectivity index (χ4v) is 2.46. The van der Waals surface area contributed by atoms with Crippen molar-refractivity contribution in [3.05, 3.63) is 57.2 Å². The third-order valence-corrected chi connectivity index (χ3v) is 4.03. The molecular formula is C17H17F2IN2O4. The number of hydroxylamine groups is 1. The second kappa shape index (κ2) is 9.76. The number of nitrogens with one attached hydrogen (secondary N) is 2. The SMILES string of the molecule is O=C(NOCCC(O)CO)c1ccc(F)cc1Nc1ccc(I)cc1F. The molecule has 4 N–H and O–H groups in total. The van der Waals surface area contributed by atoms with E-state index in [0.717, 1.165) is 12.1 Å². The van der Waals surface area contributed by atoms with E-state index in [9.17, 15) is 18.7 Å². The number of benzene rings is 2. The van der Waals surface area contributed by atoms with E-state index in [4.69, 9.17) is 9.94 Å². The highest BCUT2D eigenvalue weighted by molar-refractivity contribution is 14.1. The van der Waals surface area contributed by atoms with E-state index < -0.39 is 30.3 Å². The van der Waals surface area contributed by atoms with Gasteiger partial charge in [0.25, 0.3) is 5.91 Å². The Morgan fingerprint density at radius 3 is 2.65 bits per heavy atom. The Bertz CT molecular complexity index is 776. The number of hydrogen-bond donors (Lipinski definition) is 4. The van der Waals surface area contributed by atoms with Crippen LogP contribution in [0.1, 0.15) is 16.8 Å². The molecule has 140 valence electrons. The average molecular weight is 478 g/mol. The maximum atomic E-state index is 14.0. The second-order valence-corrected chi connectivity index (χ2v) is 6.59. The summed E-state index contributed by atoms with van der Waals surface area (Å²) in [6, 6.07) is 7.86. The summed E-state index contributed by atoms with van der Waals surface area (Å²) in [5.74, 6) is -1.80. The summed E-state index contributed by atoms with van der Waals surface area (Å²) in [6.45, 7) is -0.436. The third-order valence-electron chi connectivity index (χ3n) is 3.36. The molecule has 0 aliphatic carbocycles. The van der Waals surface area contributed by atoms with Crippen LogP contribution in [0.5, 0.6) is 0 Å². The molecule has 0 fully saturated rings. The quantitative estimate of drug-likeness (QED) is 0.266.